The molecule has 4 fully saturated rings. The van der Waals surface area contributed by atoms with Gasteiger partial charge >= 0.3 is 5.97 Å². The molecule has 14 atom stereocenters. The van der Waals surface area contributed by atoms with Gasteiger partial charge in [0.2, 0.25) is 0 Å². The zero-order chi connectivity index (χ0) is 28.2. The monoisotopic (exact) mass is 536 g/mol. The van der Waals surface area contributed by atoms with Gasteiger partial charge in [-0.15, -0.1) is 0 Å². The number of cyclic esters (lactones) is 1. The maximum absolute atomic E-state index is 13.4. The van der Waals surface area contributed by atoms with Crippen LogP contribution < -0.4 is 0 Å². The maximum atomic E-state index is 13.4. The van der Waals surface area contributed by atoms with Crippen LogP contribution >= 0.6 is 0 Å². The zero-order valence-electron chi connectivity index (χ0n) is 23.0. The number of rotatable bonds is 4. The Morgan fingerprint density at radius 2 is 1.76 bits per heavy atom. The normalized spacial score (nSPS) is 52.8. The molecule has 0 radical (unpaired) electrons. The molecule has 0 aromatic carbocycles. The maximum Gasteiger partial charge on any atom is 0.309 e. The third-order valence-corrected chi connectivity index (χ3v) is 11.9. The van der Waals surface area contributed by atoms with Gasteiger partial charge in [-0.3, -0.25) is 9.59 Å². The lowest BCUT2D eigenvalue weighted by Crippen LogP contribution is -2.66. The van der Waals surface area contributed by atoms with Crippen molar-refractivity contribution in [2.75, 3.05) is 0 Å². The van der Waals surface area contributed by atoms with E-state index in [9.17, 15) is 40.2 Å². The number of aliphatic hydroxyl groups excluding tert-OH is 4. The standard InChI is InChI=1S/C29H44O9/c1-13-15(14(2)38-25(13)35)8-23(34)28(5,36)22-6-7-29(37)17-10-18(30)16-9-19(31)20(32)11-26(16,3)24(17)21(33)12-27(22,29)4/h10,13-16,19-24,31-34,36-37H,6-9,11-12H2,1-5H3/t13-,14+,15-,16-,19+,20-,21?,22-,23+,24+,26-,27+,28+,29+/m0/s1. The molecule has 9 heteroatoms. The summed E-state index contributed by atoms with van der Waals surface area (Å²) >= 11 is 0. The molecule has 214 valence electrons. The van der Waals surface area contributed by atoms with Crippen molar-refractivity contribution in [1.29, 1.82) is 0 Å². The average Bonchev–Trinajstić information content (AvgIpc) is 3.22. The van der Waals surface area contributed by atoms with Crippen molar-refractivity contribution in [3.05, 3.63) is 11.6 Å². The summed E-state index contributed by atoms with van der Waals surface area (Å²) in [5, 5.41) is 67.9. The molecule has 0 aromatic rings. The van der Waals surface area contributed by atoms with Gasteiger partial charge < -0.3 is 35.4 Å². The van der Waals surface area contributed by atoms with Gasteiger partial charge in [0, 0.05) is 23.2 Å². The van der Waals surface area contributed by atoms with E-state index < -0.39 is 70.1 Å². The Balaban J connectivity index is 1.48. The number of hydrogen-bond donors (Lipinski definition) is 6. The van der Waals surface area contributed by atoms with Crippen LogP contribution in [0.25, 0.3) is 0 Å². The first-order valence-electron chi connectivity index (χ1n) is 14.1. The molecule has 5 rings (SSSR count). The smallest absolute Gasteiger partial charge is 0.309 e. The predicted octanol–water partition coefficient (Wildman–Crippen LogP) is 0.861. The number of fused-ring (bicyclic) bond motifs is 5. The fourth-order valence-electron chi connectivity index (χ4n) is 9.51. The summed E-state index contributed by atoms with van der Waals surface area (Å²) in [6.07, 6.45) is -1.98. The van der Waals surface area contributed by atoms with Crippen LogP contribution in [-0.2, 0) is 14.3 Å². The van der Waals surface area contributed by atoms with Crippen molar-refractivity contribution in [3.8, 4) is 0 Å². The number of esters is 1. The van der Waals surface area contributed by atoms with E-state index in [0.29, 0.717) is 12.0 Å². The second-order valence-corrected chi connectivity index (χ2v) is 13.8. The van der Waals surface area contributed by atoms with Crippen LogP contribution in [0.15, 0.2) is 11.6 Å². The molecule has 1 saturated heterocycles. The van der Waals surface area contributed by atoms with Crippen molar-refractivity contribution in [1.82, 2.24) is 0 Å². The molecular weight excluding hydrogens is 492 g/mol. The molecule has 0 spiro atoms. The molecule has 0 aromatic heterocycles. The first-order chi connectivity index (χ1) is 17.5. The quantitative estimate of drug-likeness (QED) is 0.286. The minimum Gasteiger partial charge on any atom is -0.462 e. The van der Waals surface area contributed by atoms with Crippen LogP contribution in [0.3, 0.4) is 0 Å². The van der Waals surface area contributed by atoms with Crippen molar-refractivity contribution >= 4 is 11.8 Å². The topological polar surface area (TPSA) is 165 Å². The molecule has 1 heterocycles. The Morgan fingerprint density at radius 1 is 1.11 bits per heavy atom. The number of carbonyl (C=O) groups excluding carboxylic acids is 2. The average molecular weight is 537 g/mol. The lowest BCUT2D eigenvalue weighted by Gasteiger charge is -2.62. The molecule has 1 aliphatic heterocycles. The summed E-state index contributed by atoms with van der Waals surface area (Å²) in [7, 11) is 0. The first-order valence-corrected chi connectivity index (χ1v) is 14.1. The van der Waals surface area contributed by atoms with E-state index in [0.717, 1.165) is 0 Å². The van der Waals surface area contributed by atoms with Crippen LogP contribution in [-0.4, -0.2) is 84.1 Å². The summed E-state index contributed by atoms with van der Waals surface area (Å²) in [4.78, 5) is 25.4. The largest absolute Gasteiger partial charge is 0.462 e. The van der Waals surface area contributed by atoms with Gasteiger partial charge in [0.15, 0.2) is 5.78 Å². The minimum atomic E-state index is -1.65. The fourth-order valence-corrected chi connectivity index (χ4v) is 9.51. The fraction of sp³-hybridized carbons (Fsp3) is 0.862. The summed E-state index contributed by atoms with van der Waals surface area (Å²) in [5.41, 5.74) is -4.58. The Morgan fingerprint density at radius 3 is 2.37 bits per heavy atom. The summed E-state index contributed by atoms with van der Waals surface area (Å²) < 4.78 is 5.32. The van der Waals surface area contributed by atoms with E-state index in [1.54, 1.807) is 20.8 Å². The Bertz CT molecular complexity index is 1040. The third kappa shape index (κ3) is 3.65. The predicted molar refractivity (Wildman–Crippen MR) is 135 cm³/mol. The van der Waals surface area contributed by atoms with Crippen molar-refractivity contribution < 1.29 is 45.0 Å². The van der Waals surface area contributed by atoms with Gasteiger partial charge in [-0.25, -0.2) is 0 Å². The number of allylic oxidation sites excluding steroid dienone is 1. The molecule has 0 amide bonds. The van der Waals surface area contributed by atoms with Crippen molar-refractivity contribution in [2.45, 2.75) is 115 Å². The molecule has 38 heavy (non-hydrogen) atoms. The summed E-state index contributed by atoms with van der Waals surface area (Å²) in [6.45, 7) is 8.77. The van der Waals surface area contributed by atoms with Gasteiger partial charge in [-0.1, -0.05) is 20.8 Å². The van der Waals surface area contributed by atoms with Crippen LogP contribution in [0, 0.1) is 40.4 Å². The third-order valence-electron chi connectivity index (χ3n) is 11.9. The van der Waals surface area contributed by atoms with Crippen LogP contribution in [0.1, 0.15) is 73.1 Å². The molecule has 0 bridgehead atoms. The molecule has 3 saturated carbocycles. The first kappa shape index (κ1) is 28.2. The second-order valence-electron chi connectivity index (χ2n) is 13.8. The summed E-state index contributed by atoms with van der Waals surface area (Å²) in [5.74, 6) is -2.96. The lowest BCUT2D eigenvalue weighted by atomic mass is 9.44. The number of carbonyl (C=O) groups is 2. The second kappa shape index (κ2) is 8.82. The van der Waals surface area contributed by atoms with Gasteiger partial charge in [0.05, 0.1) is 41.5 Å². The Hall–Kier alpha value is -1.36. The molecular formula is C29H44O9. The molecule has 6 N–H and O–H groups in total. The highest BCUT2D eigenvalue weighted by Gasteiger charge is 2.71. The number of ether oxygens (including phenoxy) is 1. The van der Waals surface area contributed by atoms with Gasteiger partial charge in [-0.05, 0) is 75.4 Å². The van der Waals surface area contributed by atoms with Crippen molar-refractivity contribution in [3.63, 3.8) is 0 Å². The Kier molecular flexibility index (Phi) is 6.54. The van der Waals surface area contributed by atoms with Crippen LogP contribution in [0.2, 0.25) is 0 Å². The van der Waals surface area contributed by atoms with Crippen LogP contribution in [0.4, 0.5) is 0 Å². The molecule has 4 aliphatic carbocycles. The minimum absolute atomic E-state index is 0.104. The van der Waals surface area contributed by atoms with E-state index in [-0.39, 0.29) is 55.9 Å². The molecule has 5 aliphatic rings. The highest BCUT2D eigenvalue weighted by molar-refractivity contribution is 5.95. The molecule has 9 nitrogen and oxygen atoms in total. The van der Waals surface area contributed by atoms with E-state index in [4.69, 9.17) is 4.74 Å². The summed E-state index contributed by atoms with van der Waals surface area (Å²) in [6, 6.07) is 0. The molecule has 1 unspecified atom stereocenters. The van der Waals surface area contributed by atoms with Crippen molar-refractivity contribution in [2.24, 2.45) is 40.4 Å². The highest BCUT2D eigenvalue weighted by atomic mass is 16.6. The zero-order valence-corrected chi connectivity index (χ0v) is 23.0. The van der Waals surface area contributed by atoms with E-state index in [2.05, 4.69) is 0 Å². The van der Waals surface area contributed by atoms with Gasteiger partial charge in [0.25, 0.3) is 0 Å². The van der Waals surface area contributed by atoms with E-state index >= 15 is 0 Å². The van der Waals surface area contributed by atoms with Crippen LogP contribution in [0.5, 0.6) is 0 Å². The number of hydrogen-bond acceptors (Lipinski definition) is 9. The van der Waals surface area contributed by atoms with Gasteiger partial charge in [0.1, 0.15) is 6.10 Å². The lowest BCUT2D eigenvalue weighted by molar-refractivity contribution is -0.197. The van der Waals surface area contributed by atoms with Gasteiger partial charge in [-0.2, -0.15) is 0 Å². The SMILES string of the molecule is C[C@@H]1C(=O)O[C@H](C)[C@H]1C[C@@H](O)[C@](C)(O)[C@H]1CC[C@@]2(O)C3=CC(=O)[C@@H]4C[C@@H](O)[C@@H](O)C[C@]4(C)[C@H]3C(O)C[C@]12C. The van der Waals surface area contributed by atoms with E-state index in [1.165, 1.54) is 6.08 Å². The number of ketones is 1. The highest BCUT2D eigenvalue weighted by Crippen LogP contribution is 2.68. The Labute approximate surface area is 223 Å². The van der Waals surface area contributed by atoms with E-state index in [1.807, 2.05) is 13.8 Å². The number of aliphatic hydroxyl groups is 6.